The van der Waals surface area contributed by atoms with Gasteiger partial charge >= 0.3 is 0 Å². The van der Waals surface area contributed by atoms with Gasteiger partial charge in [0.05, 0.1) is 12.2 Å². The molecule has 0 fully saturated rings. The smallest absolute Gasteiger partial charge is 0.291 e. The van der Waals surface area contributed by atoms with Crippen LogP contribution in [0.25, 0.3) is 0 Å². The molecule has 4 aromatic rings. The Kier molecular flexibility index (Phi) is 6.67. The molecule has 0 unspecified atom stereocenters. The summed E-state index contributed by atoms with van der Waals surface area (Å²) in [6.07, 6.45) is 0. The Morgan fingerprint density at radius 3 is 2.54 bits per heavy atom. The van der Waals surface area contributed by atoms with Crippen molar-refractivity contribution in [3.05, 3.63) is 108 Å². The molecule has 0 atom stereocenters. The van der Waals surface area contributed by atoms with E-state index in [1.807, 2.05) is 6.07 Å². The number of carbonyl (C=O) groups is 3. The Hall–Kier alpha value is -4.92. The van der Waals surface area contributed by atoms with Crippen molar-refractivity contribution < 1.29 is 32.7 Å². The van der Waals surface area contributed by atoms with Gasteiger partial charge in [-0.1, -0.05) is 18.2 Å². The number of fused-ring (bicyclic) bond motifs is 1. The second-order valence-electron chi connectivity index (χ2n) is 8.20. The van der Waals surface area contributed by atoms with E-state index < -0.39 is 11.7 Å². The quantitative estimate of drug-likeness (QED) is 0.347. The fraction of sp³-hybridized carbons (Fsp3) is 0.107. The van der Waals surface area contributed by atoms with Gasteiger partial charge in [0.25, 0.3) is 11.8 Å². The third-order valence-corrected chi connectivity index (χ3v) is 5.64. The van der Waals surface area contributed by atoms with E-state index >= 15 is 0 Å². The van der Waals surface area contributed by atoms with Crippen LogP contribution in [0.4, 0.5) is 15.8 Å². The number of nitrogens with one attached hydrogen (secondary N) is 1. The number of hydrogen-bond acceptors (Lipinski definition) is 6. The molecule has 2 heterocycles. The van der Waals surface area contributed by atoms with Crippen LogP contribution in [0.3, 0.4) is 0 Å². The second-order valence-corrected chi connectivity index (χ2v) is 8.20. The van der Waals surface area contributed by atoms with Gasteiger partial charge in [0.15, 0.2) is 24.8 Å². The largest absolute Gasteiger partial charge is 0.485 e. The molecule has 3 aromatic carbocycles. The summed E-state index contributed by atoms with van der Waals surface area (Å²) in [6.45, 7) is -0.398. The molecule has 37 heavy (non-hydrogen) atoms. The van der Waals surface area contributed by atoms with Crippen molar-refractivity contribution >= 4 is 29.0 Å². The number of hydrogen-bond donors (Lipinski definition) is 1. The van der Waals surface area contributed by atoms with Crippen LogP contribution in [0, 0.1) is 5.82 Å². The molecule has 186 valence electrons. The molecule has 0 bridgehead atoms. The van der Waals surface area contributed by atoms with E-state index in [9.17, 15) is 18.8 Å². The van der Waals surface area contributed by atoms with Crippen molar-refractivity contribution in [2.24, 2.45) is 0 Å². The van der Waals surface area contributed by atoms with Crippen molar-refractivity contribution in [3.63, 3.8) is 0 Å². The highest BCUT2D eigenvalue weighted by Gasteiger charge is 2.28. The number of Topliss-reactive ketones (excluding diaryl/α,β-unsaturated/α-hetero) is 1. The zero-order chi connectivity index (χ0) is 25.8. The van der Waals surface area contributed by atoms with Crippen molar-refractivity contribution in [1.29, 1.82) is 0 Å². The lowest BCUT2D eigenvalue weighted by Gasteiger charge is -2.29. The lowest BCUT2D eigenvalue weighted by molar-refractivity contribution is -0.121. The number of para-hydroxylation sites is 1. The molecule has 1 aliphatic heterocycles. The van der Waals surface area contributed by atoms with Gasteiger partial charge in [-0.2, -0.15) is 0 Å². The van der Waals surface area contributed by atoms with E-state index in [2.05, 4.69) is 5.32 Å². The number of carbonyl (C=O) groups excluding carboxylic acids is 3. The standard InChI is InChI=1S/C28H21FN2O6/c29-19-7-9-21(10-8-19)35-16-24(32)18-6-12-25-23(14-18)31(27(33)17-36-25)15-22-11-13-26(37-22)28(34)30-20-4-2-1-3-5-20/h1-14H,15-17H2,(H,30,34). The first-order valence-electron chi connectivity index (χ1n) is 11.4. The molecule has 1 aliphatic rings. The number of ether oxygens (including phenoxy) is 2. The lowest BCUT2D eigenvalue weighted by Crippen LogP contribution is -2.38. The summed E-state index contributed by atoms with van der Waals surface area (Å²) in [5.74, 6) is -0.201. The number of halogens is 1. The van der Waals surface area contributed by atoms with Gasteiger partial charge in [0.1, 0.15) is 23.1 Å². The topological polar surface area (TPSA) is 98.1 Å². The van der Waals surface area contributed by atoms with Gasteiger partial charge < -0.3 is 19.2 Å². The average molecular weight is 500 g/mol. The van der Waals surface area contributed by atoms with Gasteiger partial charge in [0, 0.05) is 11.3 Å². The summed E-state index contributed by atoms with van der Waals surface area (Å²) in [4.78, 5) is 39.4. The Labute approximate surface area is 211 Å². The van der Waals surface area contributed by atoms with E-state index in [1.54, 1.807) is 48.5 Å². The maximum atomic E-state index is 13.1. The van der Waals surface area contributed by atoms with Crippen LogP contribution in [0.1, 0.15) is 26.7 Å². The number of anilines is 2. The van der Waals surface area contributed by atoms with Gasteiger partial charge in [-0.05, 0) is 66.7 Å². The Balaban J connectivity index is 1.30. The predicted octanol–water partition coefficient (Wildman–Crippen LogP) is 4.86. The van der Waals surface area contributed by atoms with Crippen LogP contribution in [-0.2, 0) is 11.3 Å². The first kappa shape index (κ1) is 23.8. The fourth-order valence-corrected chi connectivity index (χ4v) is 3.77. The fourth-order valence-electron chi connectivity index (χ4n) is 3.77. The van der Waals surface area contributed by atoms with Crippen LogP contribution < -0.4 is 19.7 Å². The van der Waals surface area contributed by atoms with Gasteiger partial charge in [-0.15, -0.1) is 0 Å². The second kappa shape index (κ2) is 10.4. The van der Waals surface area contributed by atoms with E-state index in [-0.39, 0.29) is 37.2 Å². The maximum Gasteiger partial charge on any atom is 0.291 e. The van der Waals surface area contributed by atoms with Crippen LogP contribution >= 0.6 is 0 Å². The number of ketones is 1. The highest BCUT2D eigenvalue weighted by Crippen LogP contribution is 2.34. The van der Waals surface area contributed by atoms with Crippen molar-refractivity contribution in [2.75, 3.05) is 23.4 Å². The van der Waals surface area contributed by atoms with Gasteiger partial charge in [0.2, 0.25) is 0 Å². The Morgan fingerprint density at radius 2 is 1.76 bits per heavy atom. The number of rotatable bonds is 8. The summed E-state index contributed by atoms with van der Waals surface area (Å²) in [7, 11) is 0. The van der Waals surface area contributed by atoms with Crippen molar-refractivity contribution in [3.8, 4) is 11.5 Å². The minimum absolute atomic E-state index is 0.0392. The van der Waals surface area contributed by atoms with Gasteiger partial charge in [-0.3, -0.25) is 19.3 Å². The maximum absolute atomic E-state index is 13.1. The van der Waals surface area contributed by atoms with E-state index in [0.717, 1.165) is 0 Å². The number of furan rings is 1. The van der Waals surface area contributed by atoms with E-state index in [1.165, 1.54) is 35.2 Å². The monoisotopic (exact) mass is 500 g/mol. The molecule has 0 aliphatic carbocycles. The Morgan fingerprint density at radius 1 is 0.973 bits per heavy atom. The number of benzene rings is 3. The molecule has 0 radical (unpaired) electrons. The predicted molar refractivity (Wildman–Crippen MR) is 132 cm³/mol. The molecule has 0 spiro atoms. The highest BCUT2D eigenvalue weighted by molar-refractivity contribution is 6.03. The summed E-state index contributed by atoms with van der Waals surface area (Å²) >= 11 is 0. The van der Waals surface area contributed by atoms with Crippen LogP contribution in [0.15, 0.2) is 89.3 Å². The molecule has 9 heteroatoms. The van der Waals surface area contributed by atoms with Crippen molar-refractivity contribution in [1.82, 2.24) is 0 Å². The molecular formula is C28H21FN2O6. The SMILES string of the molecule is O=C(COc1ccc(F)cc1)c1ccc2c(c1)N(Cc1ccc(C(=O)Nc3ccccc3)o1)C(=O)CO2. The molecule has 1 aromatic heterocycles. The van der Waals surface area contributed by atoms with E-state index in [0.29, 0.717) is 34.2 Å². The summed E-state index contributed by atoms with van der Waals surface area (Å²) < 4.78 is 29.7. The normalized spacial score (nSPS) is 12.5. The molecule has 5 rings (SSSR count). The third-order valence-electron chi connectivity index (χ3n) is 5.64. The average Bonchev–Trinajstić information content (AvgIpc) is 3.39. The molecule has 2 amide bonds. The molecule has 0 saturated heterocycles. The Bertz CT molecular complexity index is 1450. The zero-order valence-electron chi connectivity index (χ0n) is 19.5. The molecule has 0 saturated carbocycles. The third kappa shape index (κ3) is 5.51. The minimum Gasteiger partial charge on any atom is -0.485 e. The first-order valence-corrected chi connectivity index (χ1v) is 11.4. The summed E-state index contributed by atoms with van der Waals surface area (Å²) in [6, 6.07) is 22.2. The molecule has 1 N–H and O–H groups in total. The number of nitrogens with zero attached hydrogens (tertiary/aromatic N) is 1. The molecule has 8 nitrogen and oxygen atoms in total. The van der Waals surface area contributed by atoms with E-state index in [4.69, 9.17) is 13.9 Å². The van der Waals surface area contributed by atoms with Crippen LogP contribution in [-0.4, -0.2) is 30.8 Å². The lowest BCUT2D eigenvalue weighted by atomic mass is 10.1. The summed E-state index contributed by atoms with van der Waals surface area (Å²) in [5.41, 5.74) is 1.34. The van der Waals surface area contributed by atoms with Gasteiger partial charge in [-0.25, -0.2) is 4.39 Å². The zero-order valence-corrected chi connectivity index (χ0v) is 19.5. The number of amides is 2. The minimum atomic E-state index is -0.416. The van der Waals surface area contributed by atoms with Crippen LogP contribution in [0.2, 0.25) is 0 Å². The summed E-state index contributed by atoms with van der Waals surface area (Å²) in [5, 5.41) is 2.74. The van der Waals surface area contributed by atoms with Crippen LogP contribution in [0.5, 0.6) is 11.5 Å². The highest BCUT2D eigenvalue weighted by atomic mass is 19.1. The van der Waals surface area contributed by atoms with Crippen molar-refractivity contribution in [2.45, 2.75) is 6.54 Å². The molecular weight excluding hydrogens is 479 g/mol. The first-order chi connectivity index (χ1) is 18.0.